The van der Waals surface area contributed by atoms with E-state index < -0.39 is 0 Å². The zero-order valence-electron chi connectivity index (χ0n) is 13.6. The lowest BCUT2D eigenvalue weighted by Gasteiger charge is -2.12. The zero-order chi connectivity index (χ0) is 16.7. The number of halogens is 1. The molecule has 23 heavy (non-hydrogen) atoms. The first kappa shape index (κ1) is 17.4. The standard InChI is InChI=1S/C19H22ClNO2/c1-3-14-8-9-15(4-2)16(10-14)12-21-19(22)13-23-18-7-5-6-17(20)11-18/h5-11H,3-4,12-13H2,1-2H3,(H,21,22). The van der Waals surface area contributed by atoms with Crippen LogP contribution in [0.1, 0.15) is 30.5 Å². The number of carbonyl (C=O) groups excluding carboxylic acids is 1. The molecule has 2 aromatic rings. The van der Waals surface area contributed by atoms with Gasteiger partial charge in [0.15, 0.2) is 6.61 Å². The maximum atomic E-state index is 12.0. The van der Waals surface area contributed by atoms with Crippen molar-refractivity contribution in [2.45, 2.75) is 33.2 Å². The molecule has 3 nitrogen and oxygen atoms in total. The van der Waals surface area contributed by atoms with Crippen LogP contribution in [0.3, 0.4) is 0 Å². The van der Waals surface area contributed by atoms with E-state index >= 15 is 0 Å². The Bertz CT molecular complexity index is 670. The van der Waals surface area contributed by atoms with Crippen molar-refractivity contribution in [1.82, 2.24) is 5.32 Å². The summed E-state index contributed by atoms with van der Waals surface area (Å²) >= 11 is 5.88. The second-order valence-corrected chi connectivity index (χ2v) is 5.77. The molecule has 0 radical (unpaired) electrons. The fourth-order valence-corrected chi connectivity index (χ4v) is 2.54. The van der Waals surface area contributed by atoms with Gasteiger partial charge in [-0.3, -0.25) is 4.79 Å². The molecular weight excluding hydrogens is 310 g/mol. The molecule has 0 aliphatic rings. The van der Waals surface area contributed by atoms with Gasteiger partial charge in [0.05, 0.1) is 0 Å². The van der Waals surface area contributed by atoms with Gasteiger partial charge in [0, 0.05) is 11.6 Å². The Balaban J connectivity index is 1.89. The van der Waals surface area contributed by atoms with Gasteiger partial charge in [-0.15, -0.1) is 0 Å². The van der Waals surface area contributed by atoms with E-state index in [2.05, 4.69) is 37.4 Å². The number of aryl methyl sites for hydroxylation is 2. The van der Waals surface area contributed by atoms with Crippen LogP contribution in [0.25, 0.3) is 0 Å². The van der Waals surface area contributed by atoms with Crippen LogP contribution in [-0.4, -0.2) is 12.5 Å². The molecule has 122 valence electrons. The molecule has 0 spiro atoms. The van der Waals surface area contributed by atoms with Crippen molar-refractivity contribution in [2.75, 3.05) is 6.61 Å². The minimum atomic E-state index is -0.145. The molecule has 0 saturated heterocycles. The Hall–Kier alpha value is -2.00. The fraction of sp³-hybridized carbons (Fsp3) is 0.316. The average Bonchev–Trinajstić information content (AvgIpc) is 2.57. The van der Waals surface area contributed by atoms with Crippen molar-refractivity contribution in [2.24, 2.45) is 0 Å². The number of benzene rings is 2. The summed E-state index contributed by atoms with van der Waals surface area (Å²) in [6.07, 6.45) is 1.94. The third-order valence-corrected chi connectivity index (χ3v) is 3.94. The third-order valence-electron chi connectivity index (χ3n) is 3.70. The predicted molar refractivity (Wildman–Crippen MR) is 94.0 cm³/mol. The third kappa shape index (κ3) is 5.29. The molecule has 0 aromatic heterocycles. The molecule has 0 atom stereocenters. The largest absolute Gasteiger partial charge is 0.484 e. The molecule has 0 saturated carbocycles. The maximum absolute atomic E-state index is 12.0. The number of hydrogen-bond acceptors (Lipinski definition) is 2. The van der Waals surface area contributed by atoms with Crippen LogP contribution < -0.4 is 10.1 Å². The number of hydrogen-bond donors (Lipinski definition) is 1. The van der Waals surface area contributed by atoms with Crippen LogP contribution in [0.2, 0.25) is 5.02 Å². The average molecular weight is 332 g/mol. The summed E-state index contributed by atoms with van der Waals surface area (Å²) in [6, 6.07) is 13.5. The lowest BCUT2D eigenvalue weighted by atomic mass is 10.0. The second-order valence-electron chi connectivity index (χ2n) is 5.33. The van der Waals surface area contributed by atoms with Crippen molar-refractivity contribution in [3.05, 3.63) is 64.2 Å². The number of amides is 1. The molecule has 1 N–H and O–H groups in total. The zero-order valence-corrected chi connectivity index (χ0v) is 14.3. The van der Waals surface area contributed by atoms with Crippen LogP contribution >= 0.6 is 11.6 Å². The van der Waals surface area contributed by atoms with E-state index in [1.165, 1.54) is 16.7 Å². The lowest BCUT2D eigenvalue weighted by Crippen LogP contribution is -2.28. The van der Waals surface area contributed by atoms with Crippen molar-refractivity contribution in [3.63, 3.8) is 0 Å². The molecule has 0 aliphatic carbocycles. The highest BCUT2D eigenvalue weighted by atomic mass is 35.5. The van der Waals surface area contributed by atoms with Crippen LogP contribution in [-0.2, 0) is 24.2 Å². The van der Waals surface area contributed by atoms with Gasteiger partial charge in [0.2, 0.25) is 0 Å². The van der Waals surface area contributed by atoms with E-state index in [1.54, 1.807) is 24.3 Å². The van der Waals surface area contributed by atoms with Gasteiger partial charge in [-0.05, 0) is 47.7 Å². The molecule has 0 aliphatic heterocycles. The Morgan fingerprint density at radius 3 is 2.61 bits per heavy atom. The van der Waals surface area contributed by atoms with E-state index in [4.69, 9.17) is 16.3 Å². The highest BCUT2D eigenvalue weighted by molar-refractivity contribution is 6.30. The smallest absolute Gasteiger partial charge is 0.258 e. The van der Waals surface area contributed by atoms with Gasteiger partial charge in [-0.25, -0.2) is 0 Å². The van der Waals surface area contributed by atoms with E-state index in [0.29, 0.717) is 17.3 Å². The first-order valence-corrected chi connectivity index (χ1v) is 8.26. The normalized spacial score (nSPS) is 10.4. The van der Waals surface area contributed by atoms with Crippen LogP contribution in [0.4, 0.5) is 0 Å². The lowest BCUT2D eigenvalue weighted by molar-refractivity contribution is -0.123. The molecular formula is C19H22ClNO2. The van der Waals surface area contributed by atoms with Crippen molar-refractivity contribution < 1.29 is 9.53 Å². The Labute approximate surface area is 142 Å². The SMILES string of the molecule is CCc1ccc(CC)c(CNC(=O)COc2cccc(Cl)c2)c1. The van der Waals surface area contributed by atoms with Crippen LogP contribution in [0, 0.1) is 0 Å². The summed E-state index contributed by atoms with van der Waals surface area (Å²) in [7, 11) is 0. The van der Waals surface area contributed by atoms with Gasteiger partial charge in [0.1, 0.15) is 5.75 Å². The van der Waals surface area contributed by atoms with Crippen LogP contribution in [0.15, 0.2) is 42.5 Å². The van der Waals surface area contributed by atoms with Gasteiger partial charge in [-0.2, -0.15) is 0 Å². The molecule has 1 amide bonds. The monoisotopic (exact) mass is 331 g/mol. The maximum Gasteiger partial charge on any atom is 0.258 e. The molecule has 0 bridgehead atoms. The Morgan fingerprint density at radius 2 is 1.91 bits per heavy atom. The first-order valence-electron chi connectivity index (χ1n) is 7.88. The van der Waals surface area contributed by atoms with E-state index in [1.807, 2.05) is 0 Å². The Morgan fingerprint density at radius 1 is 1.09 bits per heavy atom. The summed E-state index contributed by atoms with van der Waals surface area (Å²) in [5.74, 6) is 0.448. The van der Waals surface area contributed by atoms with E-state index in [9.17, 15) is 4.79 Å². The summed E-state index contributed by atoms with van der Waals surface area (Å²) in [6.45, 7) is 4.75. The van der Waals surface area contributed by atoms with Gasteiger partial charge in [0.25, 0.3) is 5.91 Å². The Kier molecular flexibility index (Phi) is 6.48. The number of rotatable bonds is 7. The number of carbonyl (C=O) groups is 1. The molecule has 0 fully saturated rings. The number of nitrogens with one attached hydrogen (secondary N) is 1. The topological polar surface area (TPSA) is 38.3 Å². The second kappa shape index (κ2) is 8.59. The van der Waals surface area contributed by atoms with Gasteiger partial charge in [-0.1, -0.05) is 49.7 Å². The first-order chi connectivity index (χ1) is 11.1. The quantitative estimate of drug-likeness (QED) is 0.827. The summed E-state index contributed by atoms with van der Waals surface area (Å²) in [5, 5.41) is 3.50. The van der Waals surface area contributed by atoms with Crippen molar-refractivity contribution in [3.8, 4) is 5.75 Å². The molecule has 0 unspecified atom stereocenters. The van der Waals surface area contributed by atoms with E-state index in [-0.39, 0.29) is 12.5 Å². The van der Waals surface area contributed by atoms with Crippen molar-refractivity contribution in [1.29, 1.82) is 0 Å². The highest BCUT2D eigenvalue weighted by Crippen LogP contribution is 2.17. The molecule has 2 aromatic carbocycles. The fourth-order valence-electron chi connectivity index (χ4n) is 2.36. The number of ether oxygens (including phenoxy) is 1. The van der Waals surface area contributed by atoms with Gasteiger partial charge < -0.3 is 10.1 Å². The summed E-state index contributed by atoms with van der Waals surface area (Å²) < 4.78 is 5.44. The predicted octanol–water partition coefficient (Wildman–Crippen LogP) is 4.16. The summed E-state index contributed by atoms with van der Waals surface area (Å²) in [5.41, 5.74) is 3.71. The minimum absolute atomic E-state index is 0.0186. The van der Waals surface area contributed by atoms with Crippen LogP contribution in [0.5, 0.6) is 5.75 Å². The van der Waals surface area contributed by atoms with Crippen molar-refractivity contribution >= 4 is 17.5 Å². The molecule has 4 heteroatoms. The highest BCUT2D eigenvalue weighted by Gasteiger charge is 2.06. The molecule has 2 rings (SSSR count). The van der Waals surface area contributed by atoms with Gasteiger partial charge >= 0.3 is 0 Å². The molecule has 0 heterocycles. The minimum Gasteiger partial charge on any atom is -0.484 e. The summed E-state index contributed by atoms with van der Waals surface area (Å²) in [4.78, 5) is 12.0. The van der Waals surface area contributed by atoms with E-state index in [0.717, 1.165) is 12.8 Å².